The monoisotopic (exact) mass is 334 g/mol. The Bertz CT molecular complexity index is 615. The first-order chi connectivity index (χ1) is 9.91. The van der Waals surface area contributed by atoms with Crippen LogP contribution >= 0.6 is 11.6 Å². The minimum Gasteiger partial charge on any atom is -0.493 e. The Labute approximate surface area is 130 Å². The zero-order valence-electron chi connectivity index (χ0n) is 12.2. The first-order valence-electron chi connectivity index (χ1n) is 6.52. The van der Waals surface area contributed by atoms with Gasteiger partial charge in [-0.3, -0.25) is 0 Å². The maximum atomic E-state index is 12.7. The van der Waals surface area contributed by atoms with E-state index in [0.29, 0.717) is 18.0 Å². The molecule has 1 aliphatic rings. The van der Waals surface area contributed by atoms with Gasteiger partial charge in [-0.2, -0.15) is 4.31 Å². The van der Waals surface area contributed by atoms with Crippen LogP contribution in [0.3, 0.4) is 0 Å². The van der Waals surface area contributed by atoms with Crippen LogP contribution in [0.5, 0.6) is 11.5 Å². The van der Waals surface area contributed by atoms with Crippen molar-refractivity contribution in [1.29, 1.82) is 0 Å². The zero-order valence-corrected chi connectivity index (χ0v) is 13.8. The lowest BCUT2D eigenvalue weighted by atomic mass is 10.3. The molecule has 8 heteroatoms. The summed E-state index contributed by atoms with van der Waals surface area (Å²) in [5, 5.41) is 3.26. The molecular formula is C13H19ClN2O4S. The molecule has 1 aromatic rings. The summed E-state index contributed by atoms with van der Waals surface area (Å²) in [6, 6.07) is 2.78. The SMILES string of the molecule is COc1cc(Cl)c(S(=O)(=O)N(C)C2CCNC2)cc1OC. The van der Waals surface area contributed by atoms with Crippen molar-refractivity contribution in [2.24, 2.45) is 0 Å². The van der Waals surface area contributed by atoms with E-state index in [1.807, 2.05) is 0 Å². The molecule has 1 heterocycles. The minimum absolute atomic E-state index is 0.0243. The van der Waals surface area contributed by atoms with Gasteiger partial charge in [0.1, 0.15) is 4.90 Å². The van der Waals surface area contributed by atoms with Crippen LogP contribution in [0.15, 0.2) is 17.0 Å². The number of methoxy groups -OCH3 is 2. The number of benzene rings is 1. The van der Waals surface area contributed by atoms with Gasteiger partial charge in [-0.05, 0) is 13.0 Å². The lowest BCUT2D eigenvalue weighted by molar-refractivity contribution is 0.353. The van der Waals surface area contributed by atoms with E-state index in [0.717, 1.165) is 13.0 Å². The van der Waals surface area contributed by atoms with E-state index in [1.165, 1.54) is 30.7 Å². The molecule has 21 heavy (non-hydrogen) atoms. The molecule has 1 atom stereocenters. The van der Waals surface area contributed by atoms with Crippen molar-refractivity contribution < 1.29 is 17.9 Å². The molecule has 1 N–H and O–H groups in total. The molecular weight excluding hydrogens is 316 g/mol. The van der Waals surface area contributed by atoms with Gasteiger partial charge in [-0.15, -0.1) is 0 Å². The number of ether oxygens (including phenoxy) is 2. The number of nitrogens with zero attached hydrogens (tertiary/aromatic N) is 1. The first kappa shape index (κ1) is 16.4. The molecule has 0 amide bonds. The van der Waals surface area contributed by atoms with Crippen molar-refractivity contribution in [3.63, 3.8) is 0 Å². The van der Waals surface area contributed by atoms with Gasteiger partial charge in [0.2, 0.25) is 10.0 Å². The molecule has 1 saturated heterocycles. The third-order valence-corrected chi connectivity index (χ3v) is 6.02. The van der Waals surface area contributed by atoms with Crippen LogP contribution in [-0.4, -0.2) is 53.1 Å². The summed E-state index contributed by atoms with van der Waals surface area (Å²) in [5.41, 5.74) is 0. The van der Waals surface area contributed by atoms with Crippen LogP contribution in [-0.2, 0) is 10.0 Å². The second-order valence-electron chi connectivity index (χ2n) is 4.81. The number of likely N-dealkylation sites (N-methyl/N-ethyl adjacent to an activating group) is 1. The van der Waals surface area contributed by atoms with Crippen molar-refractivity contribution in [3.8, 4) is 11.5 Å². The normalized spacial score (nSPS) is 19.0. The van der Waals surface area contributed by atoms with Gasteiger partial charge in [0.05, 0.1) is 19.2 Å². The molecule has 1 aromatic carbocycles. The molecule has 0 aliphatic carbocycles. The van der Waals surface area contributed by atoms with Crippen LogP contribution in [0, 0.1) is 0 Å². The molecule has 0 saturated carbocycles. The number of nitrogens with one attached hydrogen (secondary N) is 1. The van der Waals surface area contributed by atoms with Crippen LogP contribution in [0.4, 0.5) is 0 Å². The first-order valence-corrected chi connectivity index (χ1v) is 8.34. The Balaban J connectivity index is 2.44. The molecule has 1 fully saturated rings. The molecule has 118 valence electrons. The van der Waals surface area contributed by atoms with Crippen LogP contribution < -0.4 is 14.8 Å². The van der Waals surface area contributed by atoms with Gasteiger partial charge >= 0.3 is 0 Å². The van der Waals surface area contributed by atoms with Crippen molar-refractivity contribution >= 4 is 21.6 Å². The third kappa shape index (κ3) is 3.11. The Hall–Kier alpha value is -1.02. The van der Waals surface area contributed by atoms with E-state index in [2.05, 4.69) is 5.32 Å². The van der Waals surface area contributed by atoms with Gasteiger partial charge in [0.15, 0.2) is 11.5 Å². The topological polar surface area (TPSA) is 67.9 Å². The Morgan fingerprint density at radius 1 is 1.29 bits per heavy atom. The van der Waals surface area contributed by atoms with Crippen LogP contribution in [0.25, 0.3) is 0 Å². The standard InChI is InChI=1S/C13H19ClN2O4S/c1-16(9-4-5-15-8-9)21(17,18)13-7-12(20-3)11(19-2)6-10(13)14/h6-7,9,15H,4-5,8H2,1-3H3. The van der Waals surface area contributed by atoms with E-state index < -0.39 is 10.0 Å². The lowest BCUT2D eigenvalue weighted by Crippen LogP contribution is -2.38. The molecule has 0 bridgehead atoms. The Morgan fingerprint density at radius 3 is 2.43 bits per heavy atom. The number of halogens is 1. The number of sulfonamides is 1. The van der Waals surface area contributed by atoms with Crippen molar-refractivity contribution in [2.45, 2.75) is 17.4 Å². The summed E-state index contributed by atoms with van der Waals surface area (Å²) in [4.78, 5) is 0.0243. The fraction of sp³-hybridized carbons (Fsp3) is 0.538. The van der Waals surface area contributed by atoms with Gasteiger partial charge in [0.25, 0.3) is 0 Å². The molecule has 0 aromatic heterocycles. The Kier molecular flexibility index (Phi) is 4.98. The molecule has 1 unspecified atom stereocenters. The predicted octanol–water partition coefficient (Wildman–Crippen LogP) is 1.34. The lowest BCUT2D eigenvalue weighted by Gasteiger charge is -2.24. The number of hydrogen-bond acceptors (Lipinski definition) is 5. The summed E-state index contributed by atoms with van der Waals surface area (Å²) in [6.45, 7) is 1.45. The summed E-state index contributed by atoms with van der Waals surface area (Å²) >= 11 is 6.12. The average molecular weight is 335 g/mol. The van der Waals surface area contributed by atoms with Gasteiger partial charge < -0.3 is 14.8 Å². The third-order valence-electron chi connectivity index (χ3n) is 3.64. The molecule has 6 nitrogen and oxygen atoms in total. The van der Waals surface area contributed by atoms with E-state index in [-0.39, 0.29) is 16.0 Å². The highest BCUT2D eigenvalue weighted by molar-refractivity contribution is 7.89. The molecule has 0 radical (unpaired) electrons. The molecule has 0 spiro atoms. The second kappa shape index (κ2) is 6.39. The van der Waals surface area contributed by atoms with Gasteiger partial charge in [-0.1, -0.05) is 11.6 Å². The average Bonchev–Trinajstić information content (AvgIpc) is 2.99. The van der Waals surface area contributed by atoms with E-state index >= 15 is 0 Å². The largest absolute Gasteiger partial charge is 0.493 e. The minimum atomic E-state index is -3.68. The number of rotatable bonds is 5. The zero-order chi connectivity index (χ0) is 15.6. The van der Waals surface area contributed by atoms with E-state index in [4.69, 9.17) is 21.1 Å². The van der Waals surface area contributed by atoms with Gasteiger partial charge in [0, 0.05) is 31.8 Å². The van der Waals surface area contributed by atoms with Gasteiger partial charge in [-0.25, -0.2) is 8.42 Å². The Morgan fingerprint density at radius 2 is 1.90 bits per heavy atom. The smallest absolute Gasteiger partial charge is 0.244 e. The van der Waals surface area contributed by atoms with Crippen molar-refractivity contribution in [3.05, 3.63) is 17.2 Å². The van der Waals surface area contributed by atoms with E-state index in [9.17, 15) is 8.42 Å². The summed E-state index contributed by atoms with van der Waals surface area (Å²) in [7, 11) is 0.807. The van der Waals surface area contributed by atoms with Crippen LogP contribution in [0.2, 0.25) is 5.02 Å². The van der Waals surface area contributed by atoms with Crippen LogP contribution in [0.1, 0.15) is 6.42 Å². The fourth-order valence-electron chi connectivity index (χ4n) is 2.33. The summed E-state index contributed by atoms with van der Waals surface area (Å²) < 4.78 is 37.1. The molecule has 1 aliphatic heterocycles. The number of hydrogen-bond donors (Lipinski definition) is 1. The maximum Gasteiger partial charge on any atom is 0.244 e. The highest BCUT2D eigenvalue weighted by Gasteiger charge is 2.32. The quantitative estimate of drug-likeness (QED) is 0.880. The summed E-state index contributed by atoms with van der Waals surface area (Å²) in [6.07, 6.45) is 0.778. The second-order valence-corrected chi connectivity index (χ2v) is 7.18. The maximum absolute atomic E-state index is 12.7. The van der Waals surface area contributed by atoms with E-state index in [1.54, 1.807) is 7.05 Å². The highest BCUT2D eigenvalue weighted by atomic mass is 35.5. The predicted molar refractivity (Wildman–Crippen MR) is 80.8 cm³/mol. The van der Waals surface area contributed by atoms with Crippen molar-refractivity contribution in [2.75, 3.05) is 34.4 Å². The molecule has 2 rings (SSSR count). The fourth-order valence-corrected chi connectivity index (χ4v) is 4.22. The van der Waals surface area contributed by atoms with Crippen molar-refractivity contribution in [1.82, 2.24) is 9.62 Å². The summed E-state index contributed by atoms with van der Waals surface area (Å²) in [5.74, 6) is 0.727. The highest BCUT2D eigenvalue weighted by Crippen LogP contribution is 2.36.